The Morgan fingerprint density at radius 1 is 1.22 bits per heavy atom. The van der Waals surface area contributed by atoms with Crippen LogP contribution in [0.2, 0.25) is 0 Å². The van der Waals surface area contributed by atoms with E-state index in [0.29, 0.717) is 11.1 Å². The van der Waals surface area contributed by atoms with E-state index in [1.807, 2.05) is 6.07 Å². The monoisotopic (exact) mass is 114 g/mol. The van der Waals surface area contributed by atoms with Gasteiger partial charge >= 0.3 is 0 Å². The predicted octanol–water partition coefficient (Wildman–Crippen LogP) is 1.49. The summed E-state index contributed by atoms with van der Waals surface area (Å²) in [6, 6.07) is 8.42. The molecule has 0 heterocycles. The standard InChI is InChI=1S/C8H4N/c1-7-2-4-8(6-9)5-3-7/h2-5H. The van der Waals surface area contributed by atoms with E-state index >= 15 is 0 Å². The number of nitriles is 1. The van der Waals surface area contributed by atoms with Crippen molar-refractivity contribution in [1.29, 1.82) is 5.26 Å². The first kappa shape index (κ1) is 5.84. The van der Waals surface area contributed by atoms with E-state index in [9.17, 15) is 0 Å². The zero-order valence-corrected chi connectivity index (χ0v) is 4.76. The van der Waals surface area contributed by atoms with Gasteiger partial charge in [0.1, 0.15) is 0 Å². The summed E-state index contributed by atoms with van der Waals surface area (Å²) >= 11 is 0. The fourth-order valence-corrected chi connectivity index (χ4v) is 0.545. The minimum absolute atomic E-state index is 0.439. The molecule has 0 saturated carbocycles. The van der Waals surface area contributed by atoms with E-state index in [4.69, 9.17) is 12.2 Å². The Labute approximate surface area is 54.6 Å². The van der Waals surface area contributed by atoms with Crippen molar-refractivity contribution < 1.29 is 0 Å². The normalized spacial score (nSPS) is 8.44. The number of nitrogens with zero attached hydrogens (tertiary/aromatic N) is 1. The second kappa shape index (κ2) is 2.32. The van der Waals surface area contributed by atoms with Crippen LogP contribution in [-0.4, -0.2) is 0 Å². The van der Waals surface area contributed by atoms with Crippen molar-refractivity contribution in [3.8, 4) is 6.07 Å². The van der Waals surface area contributed by atoms with Gasteiger partial charge in [0.2, 0.25) is 0 Å². The lowest BCUT2D eigenvalue weighted by Crippen LogP contribution is -1.72. The zero-order valence-electron chi connectivity index (χ0n) is 4.76. The van der Waals surface area contributed by atoms with Gasteiger partial charge in [-0.15, -0.1) is 0 Å². The molecule has 1 aromatic carbocycles. The summed E-state index contributed by atoms with van der Waals surface area (Å²) in [4.78, 5) is 0. The highest BCUT2D eigenvalue weighted by molar-refractivity contribution is 5.32. The molecule has 41 valence electrons. The lowest BCUT2D eigenvalue weighted by atomic mass is 10.2. The summed E-state index contributed by atoms with van der Waals surface area (Å²) in [5.74, 6) is 0. The van der Waals surface area contributed by atoms with Gasteiger partial charge < -0.3 is 0 Å². The average Bonchev–Trinajstić information content (AvgIpc) is 1.90. The Hall–Kier alpha value is -1.29. The number of hydrogen-bond donors (Lipinski definition) is 0. The number of hydrogen-bond acceptors (Lipinski definition) is 1. The van der Waals surface area contributed by atoms with Crippen LogP contribution in [0, 0.1) is 18.3 Å². The summed E-state index contributed by atoms with van der Waals surface area (Å²) in [5, 5.41) is 8.32. The van der Waals surface area contributed by atoms with E-state index in [0.717, 1.165) is 0 Å². The first-order valence-electron chi connectivity index (χ1n) is 2.54. The molecular formula is C8H4N. The van der Waals surface area contributed by atoms with Gasteiger partial charge in [-0.25, -0.2) is 0 Å². The van der Waals surface area contributed by atoms with E-state index in [1.165, 1.54) is 0 Å². The lowest BCUT2D eigenvalue weighted by molar-refractivity contribution is 1.47. The van der Waals surface area contributed by atoms with Gasteiger partial charge in [0.25, 0.3) is 0 Å². The highest BCUT2D eigenvalue weighted by Gasteiger charge is 1.85. The first-order chi connectivity index (χ1) is 4.33. The molecule has 1 rings (SSSR count). The fourth-order valence-electron chi connectivity index (χ4n) is 0.545. The number of benzene rings is 1. The van der Waals surface area contributed by atoms with E-state index < -0.39 is 0 Å². The van der Waals surface area contributed by atoms with E-state index in [-0.39, 0.29) is 0 Å². The third-order valence-corrected chi connectivity index (χ3v) is 1.01. The van der Waals surface area contributed by atoms with Crippen LogP contribution in [0.15, 0.2) is 24.3 Å². The predicted molar refractivity (Wildman–Crippen MR) is 33.5 cm³/mol. The summed E-state index contributed by atoms with van der Waals surface area (Å²) in [6.07, 6.45) is 0. The second-order valence-electron chi connectivity index (χ2n) is 1.69. The molecule has 1 heteroatoms. The third-order valence-electron chi connectivity index (χ3n) is 1.01. The summed E-state index contributed by atoms with van der Waals surface area (Å²) in [6.45, 7) is 7.06. The molecule has 0 aliphatic heterocycles. The molecular weight excluding hydrogens is 110 g/mol. The maximum atomic E-state index is 8.32. The Balaban J connectivity index is 3.06. The highest BCUT2D eigenvalue weighted by atomic mass is 14.2. The van der Waals surface area contributed by atoms with Gasteiger partial charge in [-0.3, -0.25) is 0 Å². The molecule has 0 spiro atoms. The SMILES string of the molecule is [C]c1ccc(C#N)cc1. The van der Waals surface area contributed by atoms with Gasteiger partial charge in [-0.1, -0.05) is 12.1 Å². The molecule has 0 aliphatic carbocycles. The van der Waals surface area contributed by atoms with Crippen molar-refractivity contribution >= 4 is 0 Å². The van der Waals surface area contributed by atoms with Gasteiger partial charge in [0, 0.05) is 6.92 Å². The van der Waals surface area contributed by atoms with Gasteiger partial charge in [-0.2, -0.15) is 5.26 Å². The average molecular weight is 114 g/mol. The summed E-state index contributed by atoms with van der Waals surface area (Å²) in [5.41, 5.74) is 1.04. The molecule has 0 bridgehead atoms. The van der Waals surface area contributed by atoms with Crippen LogP contribution in [0.1, 0.15) is 11.1 Å². The Kier molecular flexibility index (Phi) is 1.51. The van der Waals surface area contributed by atoms with Gasteiger partial charge in [0.15, 0.2) is 0 Å². The lowest BCUT2D eigenvalue weighted by Gasteiger charge is -1.87. The molecule has 0 atom stereocenters. The Bertz CT molecular complexity index is 228. The second-order valence-corrected chi connectivity index (χ2v) is 1.69. The molecule has 3 radical (unpaired) electrons. The van der Waals surface area contributed by atoms with Crippen LogP contribution in [-0.2, 0) is 0 Å². The van der Waals surface area contributed by atoms with Crippen molar-refractivity contribution in [2.75, 3.05) is 0 Å². The molecule has 0 aromatic heterocycles. The largest absolute Gasteiger partial charge is 0.192 e. The smallest absolute Gasteiger partial charge is 0.0991 e. The van der Waals surface area contributed by atoms with Crippen LogP contribution in [0.5, 0.6) is 0 Å². The van der Waals surface area contributed by atoms with Crippen LogP contribution in [0.25, 0.3) is 0 Å². The molecule has 0 amide bonds. The maximum Gasteiger partial charge on any atom is 0.0991 e. The van der Waals surface area contributed by atoms with Crippen molar-refractivity contribution in [1.82, 2.24) is 0 Å². The fraction of sp³-hybridized carbons (Fsp3) is 0. The molecule has 0 saturated heterocycles. The van der Waals surface area contributed by atoms with E-state index in [1.54, 1.807) is 24.3 Å². The van der Waals surface area contributed by atoms with Crippen LogP contribution >= 0.6 is 0 Å². The molecule has 0 N–H and O–H groups in total. The van der Waals surface area contributed by atoms with Gasteiger partial charge in [-0.05, 0) is 17.7 Å². The minimum atomic E-state index is 0.439. The first-order valence-corrected chi connectivity index (χ1v) is 2.54. The van der Waals surface area contributed by atoms with Crippen molar-refractivity contribution in [3.05, 3.63) is 42.3 Å². The Morgan fingerprint density at radius 2 is 1.78 bits per heavy atom. The van der Waals surface area contributed by atoms with Crippen molar-refractivity contribution in [3.63, 3.8) is 0 Å². The maximum absolute atomic E-state index is 8.32. The van der Waals surface area contributed by atoms with Crippen LogP contribution in [0.3, 0.4) is 0 Å². The highest BCUT2D eigenvalue weighted by Crippen LogP contribution is 1.99. The zero-order chi connectivity index (χ0) is 6.69. The third kappa shape index (κ3) is 1.30. The van der Waals surface area contributed by atoms with Crippen molar-refractivity contribution in [2.24, 2.45) is 0 Å². The molecule has 0 fully saturated rings. The number of rotatable bonds is 0. The minimum Gasteiger partial charge on any atom is -0.192 e. The molecule has 1 aromatic rings. The molecule has 0 aliphatic rings. The molecule has 0 unspecified atom stereocenters. The van der Waals surface area contributed by atoms with E-state index in [2.05, 4.69) is 0 Å². The molecule has 1 nitrogen and oxygen atoms in total. The summed E-state index contributed by atoms with van der Waals surface area (Å²) in [7, 11) is 0. The quantitative estimate of drug-likeness (QED) is 0.501. The Morgan fingerprint density at radius 3 is 2.22 bits per heavy atom. The topological polar surface area (TPSA) is 23.8 Å². The van der Waals surface area contributed by atoms with Crippen LogP contribution in [0.4, 0.5) is 0 Å². The van der Waals surface area contributed by atoms with Crippen LogP contribution < -0.4 is 0 Å². The summed E-state index contributed by atoms with van der Waals surface area (Å²) < 4.78 is 0. The van der Waals surface area contributed by atoms with Crippen molar-refractivity contribution in [2.45, 2.75) is 0 Å². The molecule has 9 heavy (non-hydrogen) atoms. The van der Waals surface area contributed by atoms with Gasteiger partial charge in [0.05, 0.1) is 11.6 Å².